The van der Waals surface area contributed by atoms with Gasteiger partial charge in [0.25, 0.3) is 0 Å². The molecule has 0 radical (unpaired) electrons. The Balaban J connectivity index is 1.75. The Morgan fingerprint density at radius 1 is 1.29 bits per heavy atom. The number of aromatic hydroxyl groups is 1. The Morgan fingerprint density at radius 3 is 2.75 bits per heavy atom. The SMILES string of the molecule is COc1ccc(Br)cc1CC(=O)N1CCC(c2ccc(O)cc2)=N1. The normalized spacial score (nSPS) is 13.8. The number of carbonyl (C=O) groups excluding carboxylic acids is 1. The molecule has 3 rings (SSSR count). The van der Waals surface area contributed by atoms with Crippen LogP contribution in [-0.4, -0.2) is 35.4 Å². The summed E-state index contributed by atoms with van der Waals surface area (Å²) in [6.07, 6.45) is 0.932. The van der Waals surface area contributed by atoms with Gasteiger partial charge in [-0.2, -0.15) is 5.10 Å². The Kier molecular flexibility index (Phi) is 4.85. The van der Waals surface area contributed by atoms with Crippen molar-refractivity contribution in [3.63, 3.8) is 0 Å². The van der Waals surface area contributed by atoms with E-state index in [9.17, 15) is 9.90 Å². The number of phenols is 1. The van der Waals surface area contributed by atoms with Crippen LogP contribution in [-0.2, 0) is 11.2 Å². The summed E-state index contributed by atoms with van der Waals surface area (Å²) in [7, 11) is 1.59. The Morgan fingerprint density at radius 2 is 2.04 bits per heavy atom. The maximum atomic E-state index is 12.5. The highest BCUT2D eigenvalue weighted by molar-refractivity contribution is 9.10. The third-order valence-electron chi connectivity index (χ3n) is 3.87. The molecule has 6 heteroatoms. The van der Waals surface area contributed by atoms with Crippen molar-refractivity contribution in [2.24, 2.45) is 5.10 Å². The first-order chi connectivity index (χ1) is 11.6. The number of ether oxygens (including phenoxy) is 1. The number of nitrogens with zero attached hydrogens (tertiary/aromatic N) is 2. The highest BCUT2D eigenvalue weighted by Crippen LogP contribution is 2.25. The average molecular weight is 389 g/mol. The molecule has 1 heterocycles. The fourth-order valence-electron chi connectivity index (χ4n) is 2.63. The van der Waals surface area contributed by atoms with Gasteiger partial charge in [0, 0.05) is 16.5 Å². The number of amides is 1. The van der Waals surface area contributed by atoms with Crippen LogP contribution in [0.25, 0.3) is 0 Å². The molecule has 0 saturated carbocycles. The van der Waals surface area contributed by atoms with Crippen molar-refractivity contribution < 1.29 is 14.6 Å². The fourth-order valence-corrected chi connectivity index (χ4v) is 3.04. The molecule has 0 aromatic heterocycles. The summed E-state index contributed by atoms with van der Waals surface area (Å²) in [5, 5.41) is 15.3. The lowest BCUT2D eigenvalue weighted by Crippen LogP contribution is -2.25. The van der Waals surface area contributed by atoms with Gasteiger partial charge < -0.3 is 9.84 Å². The highest BCUT2D eigenvalue weighted by Gasteiger charge is 2.22. The minimum atomic E-state index is -0.0693. The molecule has 0 spiro atoms. The van der Waals surface area contributed by atoms with Crippen LogP contribution in [0.5, 0.6) is 11.5 Å². The molecule has 1 aliphatic heterocycles. The zero-order chi connectivity index (χ0) is 17.1. The molecule has 0 aliphatic carbocycles. The lowest BCUT2D eigenvalue weighted by atomic mass is 10.1. The molecule has 24 heavy (non-hydrogen) atoms. The molecule has 0 saturated heterocycles. The van der Waals surface area contributed by atoms with E-state index in [1.807, 2.05) is 18.2 Å². The van der Waals surface area contributed by atoms with E-state index in [2.05, 4.69) is 21.0 Å². The summed E-state index contributed by atoms with van der Waals surface area (Å²) < 4.78 is 6.22. The predicted octanol–water partition coefficient (Wildman–Crippen LogP) is 3.34. The van der Waals surface area contributed by atoms with E-state index in [1.165, 1.54) is 5.01 Å². The molecule has 2 aromatic rings. The minimum absolute atomic E-state index is 0.0693. The van der Waals surface area contributed by atoms with Gasteiger partial charge in [0.1, 0.15) is 11.5 Å². The first-order valence-electron chi connectivity index (χ1n) is 7.56. The Labute approximate surface area is 148 Å². The zero-order valence-electron chi connectivity index (χ0n) is 13.2. The number of halogens is 1. The molecule has 0 bridgehead atoms. The van der Waals surface area contributed by atoms with Gasteiger partial charge in [-0.05, 0) is 48.0 Å². The van der Waals surface area contributed by atoms with Crippen LogP contribution in [0.15, 0.2) is 52.0 Å². The number of methoxy groups -OCH3 is 1. The van der Waals surface area contributed by atoms with E-state index in [0.717, 1.165) is 21.3 Å². The summed E-state index contributed by atoms with van der Waals surface area (Å²) in [5.74, 6) is 0.834. The molecular formula is C18H17BrN2O3. The van der Waals surface area contributed by atoms with E-state index < -0.39 is 0 Å². The van der Waals surface area contributed by atoms with Gasteiger partial charge in [-0.25, -0.2) is 5.01 Å². The summed E-state index contributed by atoms with van der Waals surface area (Å²) in [4.78, 5) is 12.5. The maximum Gasteiger partial charge on any atom is 0.247 e. The number of hydrazone groups is 1. The molecule has 124 valence electrons. The van der Waals surface area contributed by atoms with Gasteiger partial charge in [-0.1, -0.05) is 15.9 Å². The van der Waals surface area contributed by atoms with Crippen LogP contribution in [0, 0.1) is 0 Å². The van der Waals surface area contributed by atoms with Crippen molar-refractivity contribution in [1.29, 1.82) is 0 Å². The summed E-state index contributed by atoms with van der Waals surface area (Å²) >= 11 is 3.42. The Bertz CT molecular complexity index is 787. The standard InChI is InChI=1S/C18H17BrN2O3/c1-24-17-7-4-14(19)10-13(17)11-18(23)21-9-8-16(20-21)12-2-5-15(22)6-3-12/h2-7,10,22H,8-9,11H2,1H3. The van der Waals surface area contributed by atoms with Crippen LogP contribution in [0.3, 0.4) is 0 Å². The third-order valence-corrected chi connectivity index (χ3v) is 4.37. The monoisotopic (exact) mass is 388 g/mol. The summed E-state index contributed by atoms with van der Waals surface area (Å²) in [5.41, 5.74) is 2.60. The van der Waals surface area contributed by atoms with Crippen molar-refractivity contribution in [3.05, 3.63) is 58.1 Å². The second kappa shape index (κ2) is 7.05. The fraction of sp³-hybridized carbons (Fsp3) is 0.222. The van der Waals surface area contributed by atoms with Crippen LogP contribution < -0.4 is 4.74 Å². The number of hydrogen-bond donors (Lipinski definition) is 1. The second-order valence-corrected chi connectivity index (χ2v) is 6.41. The largest absolute Gasteiger partial charge is 0.508 e. The van der Waals surface area contributed by atoms with Gasteiger partial charge in [0.05, 0.1) is 25.8 Å². The van der Waals surface area contributed by atoms with Crippen LogP contribution >= 0.6 is 15.9 Å². The van der Waals surface area contributed by atoms with Crippen molar-refractivity contribution in [3.8, 4) is 11.5 Å². The predicted molar refractivity (Wildman–Crippen MR) is 95.4 cm³/mol. The molecule has 1 aliphatic rings. The summed E-state index contributed by atoms with van der Waals surface area (Å²) in [6.45, 7) is 0.561. The third kappa shape index (κ3) is 3.59. The number of benzene rings is 2. The van der Waals surface area contributed by atoms with Gasteiger partial charge in [-0.3, -0.25) is 4.79 Å². The number of hydrogen-bond acceptors (Lipinski definition) is 4. The molecule has 1 N–H and O–H groups in total. The van der Waals surface area contributed by atoms with Crippen molar-refractivity contribution >= 4 is 27.5 Å². The molecule has 0 fully saturated rings. The van der Waals surface area contributed by atoms with E-state index in [-0.39, 0.29) is 18.1 Å². The van der Waals surface area contributed by atoms with Crippen molar-refractivity contribution in [2.45, 2.75) is 12.8 Å². The van der Waals surface area contributed by atoms with Gasteiger partial charge in [0.15, 0.2) is 0 Å². The first kappa shape index (κ1) is 16.5. The molecule has 2 aromatic carbocycles. The number of phenolic OH excluding ortho intramolecular Hbond substituents is 1. The Hall–Kier alpha value is -2.34. The molecular weight excluding hydrogens is 372 g/mol. The van der Waals surface area contributed by atoms with Gasteiger partial charge >= 0.3 is 0 Å². The van der Waals surface area contributed by atoms with Crippen LogP contribution in [0.4, 0.5) is 0 Å². The minimum Gasteiger partial charge on any atom is -0.508 e. The van der Waals surface area contributed by atoms with Gasteiger partial charge in [-0.15, -0.1) is 0 Å². The van der Waals surface area contributed by atoms with E-state index >= 15 is 0 Å². The molecule has 1 amide bonds. The average Bonchev–Trinajstić information content (AvgIpc) is 3.06. The molecule has 0 atom stereocenters. The van der Waals surface area contributed by atoms with Crippen LogP contribution in [0.1, 0.15) is 17.5 Å². The smallest absolute Gasteiger partial charge is 0.247 e. The zero-order valence-corrected chi connectivity index (χ0v) is 14.8. The van der Waals surface area contributed by atoms with Crippen molar-refractivity contribution in [1.82, 2.24) is 5.01 Å². The van der Waals surface area contributed by atoms with E-state index in [4.69, 9.17) is 4.74 Å². The second-order valence-electron chi connectivity index (χ2n) is 5.49. The quantitative estimate of drug-likeness (QED) is 0.873. The lowest BCUT2D eigenvalue weighted by Gasteiger charge is -2.13. The van der Waals surface area contributed by atoms with Crippen molar-refractivity contribution in [2.75, 3.05) is 13.7 Å². The van der Waals surface area contributed by atoms with E-state index in [0.29, 0.717) is 18.7 Å². The first-order valence-corrected chi connectivity index (χ1v) is 8.36. The van der Waals surface area contributed by atoms with Crippen LogP contribution in [0.2, 0.25) is 0 Å². The lowest BCUT2D eigenvalue weighted by molar-refractivity contribution is -0.130. The molecule has 0 unspecified atom stereocenters. The molecule has 5 nitrogen and oxygen atoms in total. The highest BCUT2D eigenvalue weighted by atomic mass is 79.9. The van der Waals surface area contributed by atoms with Gasteiger partial charge in [0.2, 0.25) is 5.91 Å². The summed E-state index contributed by atoms with van der Waals surface area (Å²) in [6, 6.07) is 12.4. The van der Waals surface area contributed by atoms with E-state index in [1.54, 1.807) is 31.4 Å². The number of rotatable bonds is 4. The number of carbonyl (C=O) groups is 1. The maximum absolute atomic E-state index is 12.5. The topological polar surface area (TPSA) is 62.1 Å².